The maximum Gasteiger partial charge on any atom is 0.119 e. The molecular weight excluding hydrogens is 234 g/mol. The number of ether oxygens (including phenoxy) is 1. The third kappa shape index (κ3) is 4.54. The van der Waals surface area contributed by atoms with Gasteiger partial charge in [-0.15, -0.1) is 0 Å². The number of hydrogen-bond acceptors (Lipinski definition) is 2. The van der Waals surface area contributed by atoms with Gasteiger partial charge in [0, 0.05) is 6.04 Å². The van der Waals surface area contributed by atoms with Gasteiger partial charge in [0.2, 0.25) is 0 Å². The van der Waals surface area contributed by atoms with Crippen molar-refractivity contribution < 1.29 is 4.74 Å². The van der Waals surface area contributed by atoms with Crippen LogP contribution in [0, 0.1) is 5.92 Å². The highest BCUT2D eigenvalue weighted by Gasteiger charge is 2.14. The third-order valence-corrected chi connectivity index (χ3v) is 4.13. The molecule has 1 unspecified atom stereocenters. The molecule has 0 amide bonds. The molecule has 0 heterocycles. The zero-order valence-corrected chi connectivity index (χ0v) is 12.3. The molecule has 2 rings (SSSR count). The molecule has 1 aromatic rings. The molecule has 1 N–H and O–H groups in total. The van der Waals surface area contributed by atoms with Gasteiger partial charge < -0.3 is 10.1 Å². The molecule has 0 saturated heterocycles. The minimum absolute atomic E-state index is 0.428. The van der Waals surface area contributed by atoms with Crippen molar-refractivity contribution >= 4 is 0 Å². The summed E-state index contributed by atoms with van der Waals surface area (Å²) in [5.74, 6) is 1.85. The van der Waals surface area contributed by atoms with E-state index in [0.717, 1.165) is 24.8 Å². The fraction of sp³-hybridized carbons (Fsp3) is 0.647. The summed E-state index contributed by atoms with van der Waals surface area (Å²) in [6, 6.07) is 8.90. The molecule has 1 atom stereocenters. The molecule has 2 nitrogen and oxygen atoms in total. The Morgan fingerprint density at radius 1 is 1.16 bits per heavy atom. The van der Waals surface area contributed by atoms with Gasteiger partial charge in [-0.3, -0.25) is 0 Å². The van der Waals surface area contributed by atoms with Crippen molar-refractivity contribution in [1.82, 2.24) is 5.32 Å². The summed E-state index contributed by atoms with van der Waals surface area (Å²) in [5.41, 5.74) is 1.35. The normalized spacial score (nSPS) is 18.2. The van der Waals surface area contributed by atoms with Crippen LogP contribution in [0.3, 0.4) is 0 Å². The van der Waals surface area contributed by atoms with Crippen LogP contribution in [0.15, 0.2) is 24.3 Å². The van der Waals surface area contributed by atoms with Crippen LogP contribution in [0.2, 0.25) is 0 Å². The minimum atomic E-state index is 0.428. The van der Waals surface area contributed by atoms with Crippen LogP contribution < -0.4 is 10.1 Å². The Morgan fingerprint density at radius 3 is 2.47 bits per heavy atom. The smallest absolute Gasteiger partial charge is 0.119 e. The molecule has 1 aliphatic rings. The largest absolute Gasteiger partial charge is 0.494 e. The molecule has 0 radical (unpaired) electrons. The fourth-order valence-electron chi connectivity index (χ4n) is 2.87. The summed E-state index contributed by atoms with van der Waals surface area (Å²) < 4.78 is 5.48. The number of nitrogens with one attached hydrogen (secondary N) is 1. The van der Waals surface area contributed by atoms with Crippen LogP contribution in [0.25, 0.3) is 0 Å². The lowest BCUT2D eigenvalue weighted by Gasteiger charge is -2.24. The maximum atomic E-state index is 5.48. The molecule has 0 aliphatic heterocycles. The van der Waals surface area contributed by atoms with Gasteiger partial charge in [-0.1, -0.05) is 31.4 Å². The van der Waals surface area contributed by atoms with Gasteiger partial charge in [0.15, 0.2) is 0 Å². The van der Waals surface area contributed by atoms with Gasteiger partial charge in [-0.25, -0.2) is 0 Å². The molecule has 1 saturated carbocycles. The number of rotatable bonds is 6. The average molecular weight is 261 g/mol. The van der Waals surface area contributed by atoms with Gasteiger partial charge in [0.05, 0.1) is 6.61 Å². The average Bonchev–Trinajstić information content (AvgIpc) is 2.47. The first kappa shape index (κ1) is 14.4. The highest BCUT2D eigenvalue weighted by molar-refractivity contribution is 5.28. The first-order chi connectivity index (χ1) is 9.29. The number of hydrogen-bond donors (Lipinski definition) is 1. The molecule has 106 valence electrons. The van der Waals surface area contributed by atoms with Crippen molar-refractivity contribution in [3.63, 3.8) is 0 Å². The van der Waals surface area contributed by atoms with Crippen molar-refractivity contribution in [3.8, 4) is 5.75 Å². The predicted molar refractivity (Wildman–Crippen MR) is 80.6 cm³/mol. The zero-order valence-electron chi connectivity index (χ0n) is 12.3. The van der Waals surface area contributed by atoms with Crippen LogP contribution in [0.5, 0.6) is 5.75 Å². The minimum Gasteiger partial charge on any atom is -0.494 e. The first-order valence-electron chi connectivity index (χ1n) is 7.75. The van der Waals surface area contributed by atoms with Crippen LogP contribution in [0.1, 0.15) is 57.6 Å². The summed E-state index contributed by atoms with van der Waals surface area (Å²) >= 11 is 0. The molecular formula is C17H27NO. The van der Waals surface area contributed by atoms with E-state index >= 15 is 0 Å². The van der Waals surface area contributed by atoms with Crippen molar-refractivity contribution in [2.45, 2.75) is 52.0 Å². The topological polar surface area (TPSA) is 21.3 Å². The quantitative estimate of drug-likeness (QED) is 0.823. The lowest BCUT2D eigenvalue weighted by molar-refractivity contribution is 0.331. The third-order valence-electron chi connectivity index (χ3n) is 4.13. The van der Waals surface area contributed by atoms with Crippen LogP contribution in [-0.2, 0) is 0 Å². The van der Waals surface area contributed by atoms with Crippen LogP contribution in [-0.4, -0.2) is 13.2 Å². The van der Waals surface area contributed by atoms with Crippen molar-refractivity contribution in [3.05, 3.63) is 29.8 Å². The van der Waals surface area contributed by atoms with E-state index in [0.29, 0.717) is 6.04 Å². The standard InChI is InChI=1S/C17H27NO/c1-3-19-17-11-9-16(10-12-17)14(2)18-13-15-7-5-4-6-8-15/h9-12,14-15,18H,3-8,13H2,1-2H3. The van der Waals surface area contributed by atoms with E-state index in [4.69, 9.17) is 4.74 Å². The van der Waals surface area contributed by atoms with Crippen molar-refractivity contribution in [2.24, 2.45) is 5.92 Å². The van der Waals surface area contributed by atoms with Crippen molar-refractivity contribution in [1.29, 1.82) is 0 Å². The van der Waals surface area contributed by atoms with E-state index in [1.54, 1.807) is 0 Å². The van der Waals surface area contributed by atoms with E-state index in [1.807, 2.05) is 6.92 Å². The lowest BCUT2D eigenvalue weighted by Crippen LogP contribution is -2.27. The van der Waals surface area contributed by atoms with Crippen LogP contribution in [0.4, 0.5) is 0 Å². The zero-order chi connectivity index (χ0) is 13.5. The predicted octanol–water partition coefficient (Wildman–Crippen LogP) is 4.32. The second-order valence-corrected chi connectivity index (χ2v) is 5.64. The Labute approximate surface area is 117 Å². The van der Waals surface area contributed by atoms with Gasteiger partial charge in [-0.05, 0) is 56.8 Å². The summed E-state index contributed by atoms with van der Waals surface area (Å²) in [5, 5.41) is 3.68. The summed E-state index contributed by atoms with van der Waals surface area (Å²) in [6.07, 6.45) is 7.09. The number of benzene rings is 1. The monoisotopic (exact) mass is 261 g/mol. The molecule has 0 aromatic heterocycles. The molecule has 19 heavy (non-hydrogen) atoms. The van der Waals surface area contributed by atoms with Gasteiger partial charge in [-0.2, -0.15) is 0 Å². The summed E-state index contributed by atoms with van der Waals surface area (Å²) in [4.78, 5) is 0. The Balaban J connectivity index is 1.79. The lowest BCUT2D eigenvalue weighted by atomic mass is 9.89. The molecule has 0 bridgehead atoms. The molecule has 1 aliphatic carbocycles. The van der Waals surface area contributed by atoms with Crippen LogP contribution >= 0.6 is 0 Å². The highest BCUT2D eigenvalue weighted by Crippen LogP contribution is 2.24. The summed E-state index contributed by atoms with van der Waals surface area (Å²) in [7, 11) is 0. The highest BCUT2D eigenvalue weighted by atomic mass is 16.5. The SMILES string of the molecule is CCOc1ccc(C(C)NCC2CCCCC2)cc1. The fourth-order valence-corrected chi connectivity index (χ4v) is 2.87. The Morgan fingerprint density at radius 2 is 1.84 bits per heavy atom. The van der Waals surface area contributed by atoms with E-state index in [-0.39, 0.29) is 0 Å². The van der Waals surface area contributed by atoms with E-state index in [1.165, 1.54) is 37.7 Å². The second kappa shape index (κ2) is 7.54. The second-order valence-electron chi connectivity index (χ2n) is 5.64. The molecule has 1 aromatic carbocycles. The maximum absolute atomic E-state index is 5.48. The van der Waals surface area contributed by atoms with E-state index in [2.05, 4.69) is 36.5 Å². The Bertz CT molecular complexity index is 354. The first-order valence-corrected chi connectivity index (χ1v) is 7.75. The van der Waals surface area contributed by atoms with Gasteiger partial charge >= 0.3 is 0 Å². The Hall–Kier alpha value is -1.02. The molecule has 1 fully saturated rings. The molecule has 0 spiro atoms. The van der Waals surface area contributed by atoms with Gasteiger partial charge in [0.25, 0.3) is 0 Å². The molecule has 2 heteroatoms. The van der Waals surface area contributed by atoms with Crippen molar-refractivity contribution in [2.75, 3.05) is 13.2 Å². The van der Waals surface area contributed by atoms with E-state index in [9.17, 15) is 0 Å². The summed E-state index contributed by atoms with van der Waals surface area (Å²) in [6.45, 7) is 6.16. The Kier molecular flexibility index (Phi) is 5.71. The van der Waals surface area contributed by atoms with Gasteiger partial charge in [0.1, 0.15) is 5.75 Å². The van der Waals surface area contributed by atoms with E-state index < -0.39 is 0 Å².